The van der Waals surface area contributed by atoms with E-state index >= 15 is 0 Å². The van der Waals surface area contributed by atoms with Crippen molar-refractivity contribution in [2.75, 3.05) is 38.2 Å². The molecule has 1 saturated carbocycles. The van der Waals surface area contributed by atoms with Crippen molar-refractivity contribution in [2.24, 2.45) is 0 Å². The van der Waals surface area contributed by atoms with Crippen LogP contribution >= 0.6 is 0 Å². The molecule has 2 fully saturated rings. The molecule has 160 valence electrons. The third-order valence-corrected chi connectivity index (χ3v) is 6.45. The van der Waals surface area contributed by atoms with E-state index in [1.807, 2.05) is 35.2 Å². The molecule has 1 amide bonds. The zero-order valence-corrected chi connectivity index (χ0v) is 18.0. The number of hydrogen-bond acceptors (Lipinski definition) is 5. The molecule has 2 aliphatic rings. The fourth-order valence-electron chi connectivity index (χ4n) is 4.41. The number of rotatable bonds is 5. The monoisotopic (exact) mass is 417 g/mol. The van der Waals surface area contributed by atoms with Crippen molar-refractivity contribution in [3.63, 3.8) is 0 Å². The molecule has 0 spiro atoms. The minimum Gasteiger partial charge on any atom is -0.497 e. The number of nitrogens with zero attached hydrogens (tertiary/aromatic N) is 3. The summed E-state index contributed by atoms with van der Waals surface area (Å²) < 4.78 is 10.9. The Hall–Kier alpha value is -3.28. The molecule has 1 aliphatic heterocycles. The van der Waals surface area contributed by atoms with Crippen molar-refractivity contribution >= 4 is 11.6 Å². The van der Waals surface area contributed by atoms with Gasteiger partial charge in [0.15, 0.2) is 5.76 Å². The van der Waals surface area contributed by atoms with Crippen LogP contribution in [0.2, 0.25) is 0 Å². The molecule has 6 nitrogen and oxygen atoms in total. The molecule has 1 aromatic heterocycles. The molecule has 0 bridgehead atoms. The van der Waals surface area contributed by atoms with Gasteiger partial charge in [0.25, 0.3) is 0 Å². The first-order chi connectivity index (χ1) is 15.1. The standard InChI is InChI=1S/C25H27N3O3/c1-18-5-3-7-20(15-18)27-11-13-28(14-12-27)24(29)25(9-10-25)23-17-22(31-26-23)19-6-4-8-21(16-19)30-2/h3-8,15-17H,9-14H2,1-2H3. The minimum atomic E-state index is -0.522. The van der Waals surface area contributed by atoms with Gasteiger partial charge in [0.2, 0.25) is 5.91 Å². The molecule has 0 unspecified atom stereocenters. The van der Waals surface area contributed by atoms with Crippen molar-refractivity contribution in [2.45, 2.75) is 25.2 Å². The number of carbonyl (C=O) groups excluding carboxylic acids is 1. The first kappa shape index (κ1) is 19.7. The second-order valence-corrected chi connectivity index (χ2v) is 8.51. The maximum atomic E-state index is 13.4. The summed E-state index contributed by atoms with van der Waals surface area (Å²) in [6, 6.07) is 18.1. The normalized spacial score (nSPS) is 17.5. The van der Waals surface area contributed by atoms with E-state index in [1.165, 1.54) is 11.3 Å². The number of hydrogen-bond donors (Lipinski definition) is 0. The summed E-state index contributed by atoms with van der Waals surface area (Å²) in [5.74, 6) is 1.61. The lowest BCUT2D eigenvalue weighted by Crippen LogP contribution is -2.51. The SMILES string of the molecule is COc1cccc(-c2cc(C3(C(=O)N4CCN(c5cccc(C)c5)CC4)CC3)no2)c1. The first-order valence-electron chi connectivity index (χ1n) is 10.8. The van der Waals surface area contributed by atoms with Crippen molar-refractivity contribution in [1.29, 1.82) is 0 Å². The molecule has 2 heterocycles. The highest BCUT2D eigenvalue weighted by Gasteiger charge is 2.55. The molecule has 0 atom stereocenters. The first-order valence-corrected chi connectivity index (χ1v) is 10.8. The molecule has 3 aromatic rings. The van der Waals surface area contributed by atoms with E-state index in [4.69, 9.17) is 9.26 Å². The Morgan fingerprint density at radius 1 is 1.03 bits per heavy atom. The second-order valence-electron chi connectivity index (χ2n) is 8.51. The van der Waals surface area contributed by atoms with Crippen LogP contribution in [-0.4, -0.2) is 49.3 Å². The van der Waals surface area contributed by atoms with Gasteiger partial charge < -0.3 is 19.1 Å². The van der Waals surface area contributed by atoms with Gasteiger partial charge in [-0.3, -0.25) is 4.79 Å². The number of anilines is 1. The average Bonchev–Trinajstić information content (AvgIpc) is 3.47. The number of carbonyl (C=O) groups is 1. The summed E-state index contributed by atoms with van der Waals surface area (Å²) >= 11 is 0. The summed E-state index contributed by atoms with van der Waals surface area (Å²) in [5.41, 5.74) is 3.61. The summed E-state index contributed by atoms with van der Waals surface area (Å²) in [6.07, 6.45) is 1.65. The lowest BCUT2D eigenvalue weighted by molar-refractivity contribution is -0.134. The van der Waals surface area contributed by atoms with Crippen molar-refractivity contribution < 1.29 is 14.1 Å². The third-order valence-electron chi connectivity index (χ3n) is 6.45. The Bertz CT molecular complexity index is 1090. The van der Waals surface area contributed by atoms with Crippen LogP contribution in [0.3, 0.4) is 0 Å². The third kappa shape index (κ3) is 3.67. The van der Waals surface area contributed by atoms with Crippen LogP contribution in [0, 0.1) is 6.92 Å². The van der Waals surface area contributed by atoms with Crippen LogP contribution in [0.4, 0.5) is 5.69 Å². The number of aryl methyl sites for hydroxylation is 1. The van der Waals surface area contributed by atoms with Crippen molar-refractivity contribution in [3.8, 4) is 17.1 Å². The van der Waals surface area contributed by atoms with E-state index < -0.39 is 5.41 Å². The lowest BCUT2D eigenvalue weighted by Gasteiger charge is -2.37. The predicted octanol–water partition coefficient (Wildman–Crippen LogP) is 4.04. The average molecular weight is 418 g/mol. The molecule has 0 radical (unpaired) electrons. The Labute approximate surface area is 182 Å². The van der Waals surface area contributed by atoms with Crippen LogP contribution < -0.4 is 9.64 Å². The largest absolute Gasteiger partial charge is 0.497 e. The van der Waals surface area contributed by atoms with Gasteiger partial charge in [-0.15, -0.1) is 0 Å². The molecular weight excluding hydrogens is 390 g/mol. The van der Waals surface area contributed by atoms with E-state index in [9.17, 15) is 4.79 Å². The fraction of sp³-hybridized carbons (Fsp3) is 0.360. The van der Waals surface area contributed by atoms with Crippen LogP contribution in [0.5, 0.6) is 5.75 Å². The van der Waals surface area contributed by atoms with E-state index in [1.54, 1.807) is 7.11 Å². The van der Waals surface area contributed by atoms with Crippen LogP contribution in [0.15, 0.2) is 59.1 Å². The Morgan fingerprint density at radius 3 is 2.52 bits per heavy atom. The van der Waals surface area contributed by atoms with E-state index in [0.717, 1.165) is 56.0 Å². The highest BCUT2D eigenvalue weighted by Crippen LogP contribution is 2.50. The van der Waals surface area contributed by atoms with Gasteiger partial charge in [0, 0.05) is 43.5 Å². The van der Waals surface area contributed by atoms with Crippen molar-refractivity contribution in [3.05, 3.63) is 65.9 Å². The molecule has 2 aromatic carbocycles. The van der Waals surface area contributed by atoms with Gasteiger partial charge in [-0.2, -0.15) is 0 Å². The molecule has 0 N–H and O–H groups in total. The Kier molecular flexibility index (Phi) is 4.93. The van der Waals surface area contributed by atoms with Gasteiger partial charge in [-0.1, -0.05) is 29.4 Å². The summed E-state index contributed by atoms with van der Waals surface area (Å²) in [4.78, 5) is 17.8. The number of piperazine rings is 1. The number of aromatic nitrogens is 1. The number of methoxy groups -OCH3 is 1. The predicted molar refractivity (Wildman–Crippen MR) is 119 cm³/mol. The van der Waals surface area contributed by atoms with Crippen LogP contribution in [-0.2, 0) is 10.2 Å². The Morgan fingerprint density at radius 2 is 1.81 bits per heavy atom. The summed E-state index contributed by atoms with van der Waals surface area (Å²) in [7, 11) is 1.64. The zero-order chi connectivity index (χ0) is 21.4. The number of benzene rings is 2. The topological polar surface area (TPSA) is 58.8 Å². The van der Waals surface area contributed by atoms with Gasteiger partial charge in [-0.25, -0.2) is 0 Å². The fourth-order valence-corrected chi connectivity index (χ4v) is 4.41. The number of amides is 1. The molecular formula is C25H27N3O3. The van der Waals surface area contributed by atoms with Gasteiger partial charge in [0.05, 0.1) is 18.2 Å². The quantitative estimate of drug-likeness (QED) is 0.627. The van der Waals surface area contributed by atoms with Crippen LogP contribution in [0.25, 0.3) is 11.3 Å². The maximum Gasteiger partial charge on any atom is 0.235 e. The highest BCUT2D eigenvalue weighted by atomic mass is 16.5. The summed E-state index contributed by atoms with van der Waals surface area (Å²) in [6.45, 7) is 5.26. The molecule has 6 heteroatoms. The van der Waals surface area contributed by atoms with E-state index in [0.29, 0.717) is 5.76 Å². The van der Waals surface area contributed by atoms with Gasteiger partial charge in [0.1, 0.15) is 5.75 Å². The molecule has 5 rings (SSSR count). The van der Waals surface area contributed by atoms with Gasteiger partial charge in [-0.05, 0) is 49.6 Å². The molecule has 31 heavy (non-hydrogen) atoms. The van der Waals surface area contributed by atoms with Crippen molar-refractivity contribution in [1.82, 2.24) is 10.1 Å². The highest BCUT2D eigenvalue weighted by molar-refractivity contribution is 5.91. The zero-order valence-electron chi connectivity index (χ0n) is 18.0. The smallest absolute Gasteiger partial charge is 0.235 e. The molecule has 1 aliphatic carbocycles. The van der Waals surface area contributed by atoms with Gasteiger partial charge >= 0.3 is 0 Å². The van der Waals surface area contributed by atoms with Crippen LogP contribution in [0.1, 0.15) is 24.1 Å². The number of ether oxygens (including phenoxy) is 1. The molecule has 1 saturated heterocycles. The lowest BCUT2D eigenvalue weighted by atomic mass is 9.99. The Balaban J connectivity index is 1.29. The second kappa shape index (κ2) is 7.76. The minimum absolute atomic E-state index is 0.182. The van der Waals surface area contributed by atoms with E-state index in [-0.39, 0.29) is 5.91 Å². The summed E-state index contributed by atoms with van der Waals surface area (Å²) in [5, 5.41) is 4.30. The maximum absolute atomic E-state index is 13.4. The van der Waals surface area contributed by atoms with E-state index in [2.05, 4.69) is 41.2 Å².